The molecule has 0 amide bonds. The third-order valence-corrected chi connectivity index (χ3v) is 5.33. The molecule has 0 aliphatic heterocycles. The van der Waals surface area contributed by atoms with Gasteiger partial charge in [-0.2, -0.15) is 0 Å². The fourth-order valence-electron chi connectivity index (χ4n) is 3.72. The predicted octanol–water partition coefficient (Wildman–Crippen LogP) is 1.89. The van der Waals surface area contributed by atoms with Crippen molar-refractivity contribution in [1.29, 1.82) is 0 Å². The van der Waals surface area contributed by atoms with Gasteiger partial charge in [-0.25, -0.2) is 4.68 Å². The molecule has 3 heterocycles. The van der Waals surface area contributed by atoms with Crippen LogP contribution in [0.2, 0.25) is 0 Å². The van der Waals surface area contributed by atoms with Crippen LogP contribution in [0.1, 0.15) is 24.1 Å². The van der Waals surface area contributed by atoms with Crippen molar-refractivity contribution < 1.29 is 23.4 Å². The average Bonchev–Trinajstić information content (AvgIpc) is 3.51. The summed E-state index contributed by atoms with van der Waals surface area (Å²) in [5, 5.41) is 12.5. The minimum absolute atomic E-state index is 0.108. The molecular weight excluding hydrogens is 456 g/mol. The Morgan fingerprint density at radius 1 is 1.14 bits per heavy atom. The van der Waals surface area contributed by atoms with Crippen LogP contribution in [0.25, 0.3) is 10.9 Å². The van der Waals surface area contributed by atoms with E-state index < -0.39 is 5.97 Å². The Morgan fingerprint density at radius 2 is 1.94 bits per heavy atom. The largest absolute Gasteiger partial charge is 0.493 e. The minimum atomic E-state index is -0.436. The van der Waals surface area contributed by atoms with E-state index in [-0.39, 0.29) is 31.8 Å². The highest BCUT2D eigenvalue weighted by Gasteiger charge is 2.18. The molecule has 0 saturated carbocycles. The fourth-order valence-corrected chi connectivity index (χ4v) is 3.72. The van der Waals surface area contributed by atoms with Crippen molar-refractivity contribution in [2.45, 2.75) is 33.1 Å². The van der Waals surface area contributed by atoms with Crippen LogP contribution in [0.4, 0.5) is 0 Å². The molecule has 0 atom stereocenters. The van der Waals surface area contributed by atoms with E-state index in [1.807, 2.05) is 23.1 Å². The highest BCUT2D eigenvalue weighted by molar-refractivity contribution is 5.83. The number of benzene rings is 1. The molecule has 184 valence electrons. The number of hydrogen-bond donors (Lipinski definition) is 1. The molecular formula is C23H26N6O6. The summed E-state index contributed by atoms with van der Waals surface area (Å²) in [6.45, 7) is 2.81. The Morgan fingerprint density at radius 3 is 2.66 bits per heavy atom. The Bertz CT molecular complexity index is 1350. The first-order valence-corrected chi connectivity index (χ1v) is 10.9. The van der Waals surface area contributed by atoms with Crippen LogP contribution in [0, 0.1) is 0 Å². The van der Waals surface area contributed by atoms with E-state index in [1.54, 1.807) is 32.4 Å². The van der Waals surface area contributed by atoms with Gasteiger partial charge in [-0.15, -0.1) is 5.10 Å². The highest BCUT2D eigenvalue weighted by Crippen LogP contribution is 2.31. The molecule has 0 bridgehead atoms. The van der Waals surface area contributed by atoms with Gasteiger partial charge in [0, 0.05) is 23.6 Å². The van der Waals surface area contributed by atoms with Crippen LogP contribution in [0.5, 0.6) is 11.5 Å². The Labute approximate surface area is 200 Å². The molecule has 12 nitrogen and oxygen atoms in total. The van der Waals surface area contributed by atoms with Crippen molar-refractivity contribution in [3.8, 4) is 11.5 Å². The topological polar surface area (TPSA) is 138 Å². The summed E-state index contributed by atoms with van der Waals surface area (Å²) < 4.78 is 22.6. The number of H-pyrrole nitrogens is 1. The molecule has 4 rings (SSSR count). The Balaban J connectivity index is 1.63. The van der Waals surface area contributed by atoms with Crippen molar-refractivity contribution in [1.82, 2.24) is 30.1 Å². The van der Waals surface area contributed by atoms with E-state index in [1.165, 1.54) is 11.8 Å². The first-order valence-electron chi connectivity index (χ1n) is 10.9. The zero-order chi connectivity index (χ0) is 24.8. The van der Waals surface area contributed by atoms with Gasteiger partial charge in [0.05, 0.1) is 45.7 Å². The Kier molecular flexibility index (Phi) is 7.41. The van der Waals surface area contributed by atoms with Gasteiger partial charge in [0.15, 0.2) is 17.3 Å². The number of aromatic amines is 1. The predicted molar refractivity (Wildman–Crippen MR) is 124 cm³/mol. The number of methoxy groups -OCH3 is 2. The third-order valence-electron chi connectivity index (χ3n) is 5.33. The number of pyridine rings is 1. The normalized spacial score (nSPS) is 11.2. The van der Waals surface area contributed by atoms with Crippen molar-refractivity contribution in [2.75, 3.05) is 20.8 Å². The van der Waals surface area contributed by atoms with Crippen molar-refractivity contribution in [3.05, 3.63) is 64.1 Å². The monoisotopic (exact) mass is 482 g/mol. The number of rotatable bonds is 11. The maximum atomic E-state index is 12.9. The van der Waals surface area contributed by atoms with Crippen LogP contribution in [-0.2, 0) is 35.7 Å². The number of nitrogens with one attached hydrogen (secondary N) is 1. The molecule has 0 unspecified atom stereocenters. The van der Waals surface area contributed by atoms with E-state index in [9.17, 15) is 9.59 Å². The van der Waals surface area contributed by atoms with Crippen LogP contribution in [0.15, 0.2) is 45.8 Å². The van der Waals surface area contributed by atoms with Crippen LogP contribution in [-0.4, -0.2) is 56.9 Å². The van der Waals surface area contributed by atoms with Gasteiger partial charge in [0.25, 0.3) is 5.56 Å². The number of furan rings is 1. The summed E-state index contributed by atoms with van der Waals surface area (Å²) >= 11 is 0. The summed E-state index contributed by atoms with van der Waals surface area (Å²) in [6.07, 6.45) is 1.58. The highest BCUT2D eigenvalue weighted by atomic mass is 16.5. The van der Waals surface area contributed by atoms with Crippen molar-refractivity contribution in [2.24, 2.45) is 0 Å². The number of carbonyl (C=O) groups excluding carboxylic acids is 1. The maximum Gasteiger partial charge on any atom is 0.327 e. The number of ether oxygens (including phenoxy) is 3. The standard InChI is InChI=1S/C23H26N6O6/c1-4-34-22(30)14-29-21(25-26-27-29)13-28(12-17-6-5-7-35-17)11-16-8-15-9-19(32-2)20(33-3)10-18(15)24-23(16)31/h5-10H,4,11-14H2,1-3H3,(H,24,31). The second-order valence-electron chi connectivity index (χ2n) is 7.70. The first kappa shape index (κ1) is 24.0. The summed E-state index contributed by atoms with van der Waals surface area (Å²) in [5.74, 6) is 1.81. The molecule has 0 saturated heterocycles. The third kappa shape index (κ3) is 5.66. The number of carbonyl (C=O) groups is 1. The smallest absolute Gasteiger partial charge is 0.327 e. The summed E-state index contributed by atoms with van der Waals surface area (Å²) in [7, 11) is 3.10. The van der Waals surface area contributed by atoms with Gasteiger partial charge in [-0.3, -0.25) is 14.5 Å². The zero-order valence-corrected chi connectivity index (χ0v) is 19.7. The van der Waals surface area contributed by atoms with E-state index in [4.69, 9.17) is 18.6 Å². The van der Waals surface area contributed by atoms with Gasteiger partial charge in [0.1, 0.15) is 12.3 Å². The van der Waals surface area contributed by atoms with Crippen LogP contribution < -0.4 is 15.0 Å². The van der Waals surface area contributed by atoms with Gasteiger partial charge in [0.2, 0.25) is 0 Å². The molecule has 0 fully saturated rings. The first-order chi connectivity index (χ1) is 17.0. The summed E-state index contributed by atoms with van der Waals surface area (Å²) in [4.78, 5) is 29.7. The molecule has 35 heavy (non-hydrogen) atoms. The molecule has 0 spiro atoms. The SMILES string of the molecule is CCOC(=O)Cn1nnnc1CN(Cc1ccco1)Cc1cc2cc(OC)c(OC)cc2[nH]c1=O. The minimum Gasteiger partial charge on any atom is -0.493 e. The lowest BCUT2D eigenvalue weighted by Crippen LogP contribution is -2.28. The second-order valence-corrected chi connectivity index (χ2v) is 7.70. The van der Waals surface area contributed by atoms with Gasteiger partial charge in [-0.1, -0.05) is 0 Å². The zero-order valence-electron chi connectivity index (χ0n) is 19.7. The molecule has 0 aliphatic rings. The number of tetrazole rings is 1. The molecule has 12 heteroatoms. The van der Waals surface area contributed by atoms with Crippen LogP contribution in [0.3, 0.4) is 0 Å². The van der Waals surface area contributed by atoms with E-state index in [2.05, 4.69) is 20.5 Å². The van der Waals surface area contributed by atoms with E-state index in [0.29, 0.717) is 40.7 Å². The molecule has 0 aliphatic carbocycles. The van der Waals surface area contributed by atoms with E-state index in [0.717, 1.165) is 5.39 Å². The number of nitrogens with zero attached hydrogens (tertiary/aromatic N) is 5. The van der Waals surface area contributed by atoms with Gasteiger partial charge >= 0.3 is 5.97 Å². The van der Waals surface area contributed by atoms with Crippen molar-refractivity contribution >= 4 is 16.9 Å². The lowest BCUT2D eigenvalue weighted by molar-refractivity contribution is -0.144. The molecule has 1 aromatic carbocycles. The molecule has 3 aromatic heterocycles. The van der Waals surface area contributed by atoms with Crippen molar-refractivity contribution in [3.63, 3.8) is 0 Å². The average molecular weight is 482 g/mol. The molecule has 0 radical (unpaired) electrons. The van der Waals surface area contributed by atoms with Crippen LogP contribution >= 0.6 is 0 Å². The number of fused-ring (bicyclic) bond motifs is 1. The van der Waals surface area contributed by atoms with Gasteiger partial charge < -0.3 is 23.6 Å². The molecule has 4 aromatic rings. The molecule has 1 N–H and O–H groups in total. The second kappa shape index (κ2) is 10.8. The van der Waals surface area contributed by atoms with E-state index >= 15 is 0 Å². The quantitative estimate of drug-likeness (QED) is 0.315. The number of esters is 1. The number of aromatic nitrogens is 5. The fraction of sp³-hybridized carbons (Fsp3) is 0.348. The lowest BCUT2D eigenvalue weighted by atomic mass is 10.1. The number of hydrogen-bond acceptors (Lipinski definition) is 10. The van der Waals surface area contributed by atoms with Gasteiger partial charge in [-0.05, 0) is 41.6 Å². The Hall–Kier alpha value is -4.19. The lowest BCUT2D eigenvalue weighted by Gasteiger charge is -2.20. The summed E-state index contributed by atoms with van der Waals surface area (Å²) in [6, 6.07) is 8.98. The maximum absolute atomic E-state index is 12.9. The summed E-state index contributed by atoms with van der Waals surface area (Å²) in [5.41, 5.74) is 0.924.